The molecule has 0 aliphatic carbocycles. The van der Waals surface area contributed by atoms with Gasteiger partial charge in [-0.3, -0.25) is 14.9 Å². The average molecular weight is 309 g/mol. The van der Waals surface area contributed by atoms with E-state index in [2.05, 4.69) is 5.32 Å². The van der Waals surface area contributed by atoms with E-state index in [9.17, 15) is 19.3 Å². The van der Waals surface area contributed by atoms with Crippen molar-refractivity contribution in [1.29, 1.82) is 0 Å². The number of benzene rings is 2. The molecule has 2 aromatic rings. The van der Waals surface area contributed by atoms with Gasteiger partial charge in [-0.2, -0.15) is 0 Å². The lowest BCUT2D eigenvalue weighted by Gasteiger charge is -2.07. The molecule has 0 bridgehead atoms. The molecular formula is C14H10ClFN2O3. The molecule has 0 aromatic heterocycles. The van der Waals surface area contributed by atoms with Crippen molar-refractivity contribution in [1.82, 2.24) is 0 Å². The Morgan fingerprint density at radius 2 is 2.05 bits per heavy atom. The van der Waals surface area contributed by atoms with Crippen LogP contribution in [0.15, 0.2) is 36.4 Å². The van der Waals surface area contributed by atoms with Crippen molar-refractivity contribution in [3.8, 4) is 0 Å². The lowest BCUT2D eigenvalue weighted by atomic mass is 10.1. The summed E-state index contributed by atoms with van der Waals surface area (Å²) in [7, 11) is 0. The Kier molecular flexibility index (Phi) is 4.18. The molecule has 0 radical (unpaired) electrons. The maximum atomic E-state index is 13.2. The second kappa shape index (κ2) is 5.88. The molecule has 0 aliphatic heterocycles. The fraction of sp³-hybridized carbons (Fsp3) is 0.0714. The van der Waals surface area contributed by atoms with Crippen LogP contribution in [0.5, 0.6) is 0 Å². The topological polar surface area (TPSA) is 72.2 Å². The summed E-state index contributed by atoms with van der Waals surface area (Å²) in [5.74, 6) is -1.09. The van der Waals surface area contributed by atoms with Crippen LogP contribution in [-0.4, -0.2) is 10.8 Å². The van der Waals surface area contributed by atoms with Crippen LogP contribution in [0.2, 0.25) is 5.02 Å². The molecule has 2 aromatic carbocycles. The Hall–Kier alpha value is -2.47. The van der Waals surface area contributed by atoms with Crippen molar-refractivity contribution in [2.45, 2.75) is 6.92 Å². The number of halogens is 2. The van der Waals surface area contributed by atoms with Crippen molar-refractivity contribution in [3.63, 3.8) is 0 Å². The molecule has 0 saturated carbocycles. The zero-order chi connectivity index (χ0) is 15.6. The Morgan fingerprint density at radius 3 is 2.67 bits per heavy atom. The lowest BCUT2D eigenvalue weighted by Crippen LogP contribution is -2.14. The van der Waals surface area contributed by atoms with E-state index in [1.807, 2.05) is 0 Å². The molecule has 0 aliphatic rings. The van der Waals surface area contributed by atoms with Crippen molar-refractivity contribution in [3.05, 3.63) is 68.5 Å². The number of nitrogens with zero attached hydrogens (tertiary/aromatic N) is 1. The van der Waals surface area contributed by atoms with Gasteiger partial charge in [0, 0.05) is 5.69 Å². The molecule has 0 fully saturated rings. The highest BCUT2D eigenvalue weighted by Crippen LogP contribution is 2.28. The number of carbonyl (C=O) groups excluding carboxylic acids is 1. The fourth-order valence-electron chi connectivity index (χ4n) is 1.80. The minimum absolute atomic E-state index is 0.122. The van der Waals surface area contributed by atoms with E-state index < -0.39 is 22.3 Å². The largest absolute Gasteiger partial charge is 0.322 e. The first kappa shape index (κ1) is 14.9. The predicted octanol–water partition coefficient (Wildman–Crippen LogP) is 3.95. The molecule has 0 spiro atoms. The maximum Gasteiger partial charge on any atom is 0.300 e. The third-order valence-corrected chi connectivity index (χ3v) is 3.13. The number of rotatable bonds is 3. The van der Waals surface area contributed by atoms with E-state index >= 15 is 0 Å². The Bertz CT molecular complexity index is 734. The van der Waals surface area contributed by atoms with E-state index in [0.29, 0.717) is 11.3 Å². The monoisotopic (exact) mass is 308 g/mol. The minimum atomic E-state index is -0.715. The highest BCUT2D eigenvalue weighted by molar-refractivity contribution is 6.33. The first-order valence-corrected chi connectivity index (χ1v) is 6.28. The van der Waals surface area contributed by atoms with Gasteiger partial charge in [-0.05, 0) is 42.8 Å². The first-order valence-electron chi connectivity index (χ1n) is 5.90. The quantitative estimate of drug-likeness (QED) is 0.689. The normalized spacial score (nSPS) is 10.2. The van der Waals surface area contributed by atoms with Gasteiger partial charge in [-0.25, -0.2) is 4.39 Å². The summed E-state index contributed by atoms with van der Waals surface area (Å²) in [4.78, 5) is 22.4. The summed E-state index contributed by atoms with van der Waals surface area (Å²) >= 11 is 5.75. The van der Waals surface area contributed by atoms with Crippen LogP contribution in [0.25, 0.3) is 0 Å². The van der Waals surface area contributed by atoms with Crippen molar-refractivity contribution < 1.29 is 14.1 Å². The highest BCUT2D eigenvalue weighted by atomic mass is 35.5. The van der Waals surface area contributed by atoms with Gasteiger partial charge < -0.3 is 5.32 Å². The van der Waals surface area contributed by atoms with Crippen LogP contribution >= 0.6 is 11.6 Å². The van der Waals surface area contributed by atoms with Gasteiger partial charge in [0.25, 0.3) is 5.91 Å². The number of nitro benzene ring substituents is 1. The zero-order valence-corrected chi connectivity index (χ0v) is 11.6. The van der Waals surface area contributed by atoms with Crippen LogP contribution < -0.4 is 5.32 Å². The average Bonchev–Trinajstić information content (AvgIpc) is 2.42. The van der Waals surface area contributed by atoms with Crippen LogP contribution in [-0.2, 0) is 0 Å². The first-order chi connectivity index (χ1) is 9.90. The molecule has 21 heavy (non-hydrogen) atoms. The maximum absolute atomic E-state index is 13.2. The van der Waals surface area contributed by atoms with Crippen molar-refractivity contribution >= 4 is 28.9 Å². The van der Waals surface area contributed by atoms with Gasteiger partial charge in [0.15, 0.2) is 0 Å². The Labute approximate surface area is 124 Å². The molecule has 0 atom stereocenters. The molecule has 1 amide bonds. The number of para-hydroxylation sites is 1. The van der Waals surface area contributed by atoms with Crippen LogP contribution in [0.3, 0.4) is 0 Å². The molecule has 2 rings (SSSR count). The number of aryl methyl sites for hydroxylation is 1. The number of nitro groups is 1. The smallest absolute Gasteiger partial charge is 0.300 e. The van der Waals surface area contributed by atoms with E-state index in [-0.39, 0.29) is 10.6 Å². The molecule has 1 N–H and O–H groups in total. The van der Waals surface area contributed by atoms with Crippen LogP contribution in [0.1, 0.15) is 15.9 Å². The summed E-state index contributed by atoms with van der Waals surface area (Å²) in [5.41, 5.74) is 0.0755. The summed E-state index contributed by atoms with van der Waals surface area (Å²) < 4.78 is 13.2. The number of amides is 1. The fourth-order valence-corrected chi connectivity index (χ4v) is 2.05. The second-order valence-corrected chi connectivity index (χ2v) is 4.72. The lowest BCUT2D eigenvalue weighted by molar-refractivity contribution is -0.385. The number of hydrogen-bond acceptors (Lipinski definition) is 3. The molecule has 5 nitrogen and oxygen atoms in total. The van der Waals surface area contributed by atoms with Crippen LogP contribution in [0, 0.1) is 22.9 Å². The third-order valence-electron chi connectivity index (χ3n) is 2.83. The van der Waals surface area contributed by atoms with Gasteiger partial charge in [-0.15, -0.1) is 0 Å². The Balaban J connectivity index is 2.35. The van der Waals surface area contributed by atoms with Gasteiger partial charge in [0.1, 0.15) is 16.4 Å². The predicted molar refractivity (Wildman–Crippen MR) is 77.2 cm³/mol. The van der Waals surface area contributed by atoms with E-state index in [0.717, 1.165) is 0 Å². The molecular weight excluding hydrogens is 299 g/mol. The van der Waals surface area contributed by atoms with Crippen molar-refractivity contribution in [2.24, 2.45) is 0 Å². The Morgan fingerprint density at radius 1 is 1.33 bits per heavy atom. The summed E-state index contributed by atoms with van der Waals surface area (Å²) in [6.07, 6.45) is 0. The van der Waals surface area contributed by atoms with Gasteiger partial charge in [0.2, 0.25) is 0 Å². The number of hydrogen-bond donors (Lipinski definition) is 1. The molecule has 0 heterocycles. The number of anilines is 1. The SMILES string of the molecule is Cc1cc(NC(=O)c2cccc(Cl)c2[N+](=O)[O-])ccc1F. The standard InChI is InChI=1S/C14H10ClFN2O3/c1-8-7-9(5-6-12(8)16)17-14(19)10-3-2-4-11(15)13(10)18(20)21/h2-7H,1H3,(H,17,19). The highest BCUT2D eigenvalue weighted by Gasteiger charge is 2.23. The van der Waals surface area contributed by atoms with Gasteiger partial charge in [-0.1, -0.05) is 17.7 Å². The number of nitrogens with one attached hydrogen (secondary N) is 1. The molecule has 0 saturated heterocycles. The van der Waals surface area contributed by atoms with E-state index in [1.54, 1.807) is 6.92 Å². The zero-order valence-electron chi connectivity index (χ0n) is 10.9. The summed E-state index contributed by atoms with van der Waals surface area (Å²) in [6.45, 7) is 1.55. The van der Waals surface area contributed by atoms with Gasteiger partial charge >= 0.3 is 5.69 Å². The van der Waals surface area contributed by atoms with Crippen molar-refractivity contribution in [2.75, 3.05) is 5.32 Å². The molecule has 0 unspecified atom stereocenters. The van der Waals surface area contributed by atoms with E-state index in [1.165, 1.54) is 36.4 Å². The third kappa shape index (κ3) is 3.17. The van der Waals surface area contributed by atoms with Crippen LogP contribution in [0.4, 0.5) is 15.8 Å². The summed E-state index contributed by atoms with van der Waals surface area (Å²) in [5, 5.41) is 13.3. The minimum Gasteiger partial charge on any atom is -0.322 e. The molecule has 7 heteroatoms. The van der Waals surface area contributed by atoms with Gasteiger partial charge in [0.05, 0.1) is 4.92 Å². The summed E-state index contributed by atoms with van der Waals surface area (Å²) in [6, 6.07) is 8.09. The molecule has 108 valence electrons. The number of carbonyl (C=O) groups is 1. The van der Waals surface area contributed by atoms with E-state index in [4.69, 9.17) is 11.6 Å². The second-order valence-electron chi connectivity index (χ2n) is 4.31.